The van der Waals surface area contributed by atoms with Crippen molar-refractivity contribution in [2.45, 2.75) is 0 Å². The Balaban J connectivity index is 1.93. The molecule has 0 amide bonds. The van der Waals surface area contributed by atoms with Gasteiger partial charge < -0.3 is 24.7 Å². The number of allylic oxidation sites excluding steroid dienone is 1. The Morgan fingerprint density at radius 3 is 2.58 bits per heavy atom. The van der Waals surface area contributed by atoms with E-state index < -0.39 is 0 Å². The molecule has 0 aliphatic carbocycles. The SMILES string of the molecule is COc1cc(C(=O)C(Br)=Cc2cc(OC)c3c(c2)OCCO3)ccc1N. The highest BCUT2D eigenvalue weighted by Gasteiger charge is 2.19. The monoisotopic (exact) mass is 419 g/mol. The second-order valence-electron chi connectivity index (χ2n) is 5.53. The second-order valence-corrected chi connectivity index (χ2v) is 6.38. The van der Waals surface area contributed by atoms with Gasteiger partial charge in [-0.1, -0.05) is 0 Å². The van der Waals surface area contributed by atoms with Crippen LogP contribution in [0, 0.1) is 0 Å². The summed E-state index contributed by atoms with van der Waals surface area (Å²) in [5.74, 6) is 1.97. The molecule has 0 atom stereocenters. The van der Waals surface area contributed by atoms with E-state index in [1.165, 1.54) is 7.11 Å². The van der Waals surface area contributed by atoms with E-state index in [0.717, 1.165) is 5.56 Å². The smallest absolute Gasteiger partial charge is 0.203 e. The first kappa shape index (κ1) is 18.1. The summed E-state index contributed by atoms with van der Waals surface area (Å²) in [6.45, 7) is 0.939. The van der Waals surface area contributed by atoms with Gasteiger partial charge in [0.1, 0.15) is 19.0 Å². The molecule has 7 heteroatoms. The Hall–Kier alpha value is -2.67. The van der Waals surface area contributed by atoms with Crippen molar-refractivity contribution in [1.29, 1.82) is 0 Å². The van der Waals surface area contributed by atoms with Crippen LogP contribution < -0.4 is 24.7 Å². The summed E-state index contributed by atoms with van der Waals surface area (Å²) < 4.78 is 22.1. The zero-order valence-electron chi connectivity index (χ0n) is 14.4. The van der Waals surface area contributed by atoms with Crippen LogP contribution in [0.4, 0.5) is 5.69 Å². The summed E-state index contributed by atoms with van der Waals surface area (Å²) in [5, 5.41) is 0. The minimum Gasteiger partial charge on any atom is -0.495 e. The predicted octanol–water partition coefficient (Wildman–Crippen LogP) is 3.68. The van der Waals surface area contributed by atoms with E-state index >= 15 is 0 Å². The lowest BCUT2D eigenvalue weighted by Gasteiger charge is -2.21. The quantitative estimate of drug-likeness (QED) is 0.452. The van der Waals surface area contributed by atoms with E-state index in [4.69, 9.17) is 24.7 Å². The summed E-state index contributed by atoms with van der Waals surface area (Å²) in [7, 11) is 3.06. The molecule has 3 rings (SSSR count). The summed E-state index contributed by atoms with van der Waals surface area (Å²) in [6.07, 6.45) is 1.70. The Morgan fingerprint density at radius 1 is 1.12 bits per heavy atom. The third-order valence-electron chi connectivity index (χ3n) is 3.86. The average Bonchev–Trinajstić information content (AvgIpc) is 2.67. The van der Waals surface area contributed by atoms with Gasteiger partial charge in [-0.15, -0.1) is 0 Å². The molecule has 0 saturated carbocycles. The molecule has 26 heavy (non-hydrogen) atoms. The summed E-state index contributed by atoms with van der Waals surface area (Å²) in [4.78, 5) is 12.7. The van der Waals surface area contributed by atoms with Crippen molar-refractivity contribution in [3.8, 4) is 23.0 Å². The maximum atomic E-state index is 12.7. The molecular formula is C19H18BrNO5. The fraction of sp³-hybridized carbons (Fsp3) is 0.211. The topological polar surface area (TPSA) is 80.0 Å². The number of carbonyl (C=O) groups is 1. The van der Waals surface area contributed by atoms with Crippen LogP contribution in [0.1, 0.15) is 15.9 Å². The molecule has 0 unspecified atom stereocenters. The minimum absolute atomic E-state index is 0.197. The summed E-state index contributed by atoms with van der Waals surface area (Å²) in [6, 6.07) is 8.48. The average molecular weight is 420 g/mol. The highest BCUT2D eigenvalue weighted by atomic mass is 79.9. The lowest BCUT2D eigenvalue weighted by atomic mass is 10.1. The number of nitrogens with two attached hydrogens (primary N) is 1. The number of ether oxygens (including phenoxy) is 4. The molecule has 0 saturated heterocycles. The number of Topliss-reactive ketones (excluding diaryl/α,β-unsaturated/α-hetero) is 1. The third-order valence-corrected chi connectivity index (χ3v) is 4.45. The van der Waals surface area contributed by atoms with Gasteiger partial charge in [-0.3, -0.25) is 4.79 Å². The van der Waals surface area contributed by atoms with Crippen molar-refractivity contribution >= 4 is 33.5 Å². The molecule has 0 radical (unpaired) electrons. The largest absolute Gasteiger partial charge is 0.495 e. The number of methoxy groups -OCH3 is 2. The van der Waals surface area contributed by atoms with Crippen molar-refractivity contribution in [2.24, 2.45) is 0 Å². The fourth-order valence-corrected chi connectivity index (χ4v) is 3.07. The second kappa shape index (κ2) is 7.70. The van der Waals surface area contributed by atoms with Crippen LogP contribution in [0.2, 0.25) is 0 Å². The molecule has 1 heterocycles. The van der Waals surface area contributed by atoms with Gasteiger partial charge in [0.15, 0.2) is 17.3 Å². The number of rotatable bonds is 5. The number of halogens is 1. The maximum absolute atomic E-state index is 12.7. The number of nitrogen functional groups attached to an aromatic ring is 1. The van der Waals surface area contributed by atoms with Crippen LogP contribution in [-0.4, -0.2) is 33.2 Å². The number of benzene rings is 2. The third kappa shape index (κ3) is 3.62. The molecule has 136 valence electrons. The van der Waals surface area contributed by atoms with E-state index in [0.29, 0.717) is 51.9 Å². The first-order chi connectivity index (χ1) is 12.5. The fourth-order valence-electron chi connectivity index (χ4n) is 2.58. The molecule has 0 bridgehead atoms. The van der Waals surface area contributed by atoms with E-state index in [9.17, 15) is 4.79 Å². The molecule has 2 aromatic rings. The van der Waals surface area contributed by atoms with Crippen molar-refractivity contribution < 1.29 is 23.7 Å². The van der Waals surface area contributed by atoms with Crippen LogP contribution in [0.3, 0.4) is 0 Å². The van der Waals surface area contributed by atoms with Crippen molar-refractivity contribution in [1.82, 2.24) is 0 Å². The van der Waals surface area contributed by atoms with Crippen LogP contribution in [0.5, 0.6) is 23.0 Å². The Labute approximate surface area is 159 Å². The van der Waals surface area contributed by atoms with Gasteiger partial charge in [0, 0.05) is 5.56 Å². The predicted molar refractivity (Wildman–Crippen MR) is 103 cm³/mol. The molecule has 0 fully saturated rings. The van der Waals surface area contributed by atoms with E-state index in [1.54, 1.807) is 43.5 Å². The lowest BCUT2D eigenvalue weighted by Crippen LogP contribution is -2.16. The summed E-state index contributed by atoms with van der Waals surface area (Å²) >= 11 is 3.35. The first-order valence-electron chi connectivity index (χ1n) is 7.86. The van der Waals surface area contributed by atoms with Gasteiger partial charge in [0.2, 0.25) is 5.75 Å². The van der Waals surface area contributed by atoms with Gasteiger partial charge >= 0.3 is 0 Å². The Morgan fingerprint density at radius 2 is 1.85 bits per heavy atom. The highest BCUT2D eigenvalue weighted by molar-refractivity contribution is 9.12. The van der Waals surface area contributed by atoms with Crippen LogP contribution >= 0.6 is 15.9 Å². The molecule has 1 aliphatic rings. The van der Waals surface area contributed by atoms with E-state index in [2.05, 4.69) is 15.9 Å². The van der Waals surface area contributed by atoms with Crippen LogP contribution in [-0.2, 0) is 0 Å². The van der Waals surface area contributed by atoms with Crippen molar-refractivity contribution in [3.63, 3.8) is 0 Å². The van der Waals surface area contributed by atoms with E-state index in [-0.39, 0.29) is 5.78 Å². The van der Waals surface area contributed by atoms with Gasteiger partial charge in [0.25, 0.3) is 0 Å². The van der Waals surface area contributed by atoms with E-state index in [1.807, 2.05) is 0 Å². The maximum Gasteiger partial charge on any atom is 0.203 e. The minimum atomic E-state index is -0.197. The van der Waals surface area contributed by atoms with Crippen LogP contribution in [0.15, 0.2) is 34.8 Å². The van der Waals surface area contributed by atoms with Gasteiger partial charge in [-0.2, -0.15) is 0 Å². The Kier molecular flexibility index (Phi) is 5.37. The number of carbonyl (C=O) groups excluding carboxylic acids is 1. The number of fused-ring (bicyclic) bond motifs is 1. The van der Waals surface area contributed by atoms with Gasteiger partial charge in [-0.25, -0.2) is 0 Å². The standard InChI is InChI=1S/C19H18BrNO5/c1-23-15-10-12(3-4-14(15)21)18(22)13(20)7-11-8-16(24-2)19-17(9-11)25-5-6-26-19/h3-4,7-10H,5-6,21H2,1-2H3. The molecular weight excluding hydrogens is 402 g/mol. The normalized spacial score (nSPS) is 13.3. The van der Waals surface area contributed by atoms with Gasteiger partial charge in [0.05, 0.1) is 24.4 Å². The molecule has 0 spiro atoms. The zero-order chi connectivity index (χ0) is 18.7. The highest BCUT2D eigenvalue weighted by Crippen LogP contribution is 2.41. The molecule has 0 aromatic heterocycles. The van der Waals surface area contributed by atoms with Gasteiger partial charge in [-0.05, 0) is 57.9 Å². The number of ketones is 1. The molecule has 1 aliphatic heterocycles. The zero-order valence-corrected chi connectivity index (χ0v) is 16.0. The number of hydrogen-bond donors (Lipinski definition) is 1. The first-order valence-corrected chi connectivity index (χ1v) is 8.66. The summed E-state index contributed by atoms with van der Waals surface area (Å²) in [5.41, 5.74) is 7.47. The molecule has 2 N–H and O–H groups in total. The van der Waals surface area contributed by atoms with Crippen LogP contribution in [0.25, 0.3) is 6.08 Å². The van der Waals surface area contributed by atoms with Crippen molar-refractivity contribution in [2.75, 3.05) is 33.2 Å². The number of anilines is 1. The number of hydrogen-bond acceptors (Lipinski definition) is 6. The molecule has 6 nitrogen and oxygen atoms in total. The lowest BCUT2D eigenvalue weighted by molar-refractivity contribution is 0.104. The Bertz CT molecular complexity index is 861. The molecule has 2 aromatic carbocycles. The van der Waals surface area contributed by atoms with Crippen molar-refractivity contribution in [3.05, 3.63) is 45.9 Å².